The fourth-order valence-corrected chi connectivity index (χ4v) is 3.99. The van der Waals surface area contributed by atoms with Crippen molar-refractivity contribution in [2.24, 2.45) is 0 Å². The average Bonchev–Trinajstić information content (AvgIpc) is 3.35. The van der Waals surface area contributed by atoms with E-state index in [2.05, 4.69) is 41.2 Å². The monoisotopic (exact) mass is 456 g/mol. The third-order valence-corrected chi connectivity index (χ3v) is 5.78. The lowest BCUT2D eigenvalue weighted by Gasteiger charge is -2.31. The van der Waals surface area contributed by atoms with E-state index in [0.717, 1.165) is 52.9 Å². The van der Waals surface area contributed by atoms with Crippen LogP contribution in [0.25, 0.3) is 16.7 Å². The molecule has 1 aliphatic heterocycles. The maximum atomic E-state index is 5.48. The number of aromatic nitrogens is 6. The van der Waals surface area contributed by atoms with Crippen LogP contribution < -0.4 is 10.2 Å². The van der Waals surface area contributed by atoms with Crippen molar-refractivity contribution in [1.29, 1.82) is 0 Å². The van der Waals surface area contributed by atoms with Crippen molar-refractivity contribution in [3.8, 4) is 0 Å². The summed E-state index contributed by atoms with van der Waals surface area (Å²) in [6, 6.07) is 7.98. The molecule has 0 spiro atoms. The number of ether oxygens (including phenoxy) is 1. The van der Waals surface area contributed by atoms with Gasteiger partial charge >= 0.3 is 0 Å². The van der Waals surface area contributed by atoms with E-state index in [9.17, 15) is 0 Å². The van der Waals surface area contributed by atoms with Gasteiger partial charge in [0.2, 0.25) is 11.9 Å². The van der Waals surface area contributed by atoms with Gasteiger partial charge in [0, 0.05) is 20.2 Å². The number of anilines is 2. The van der Waals surface area contributed by atoms with Crippen LogP contribution in [0.5, 0.6) is 0 Å². The summed E-state index contributed by atoms with van der Waals surface area (Å²) in [6.07, 6.45) is 3.97. The zero-order valence-corrected chi connectivity index (χ0v) is 17.6. The Balaban J connectivity index is 1.43. The molecule has 1 fully saturated rings. The highest BCUT2D eigenvalue weighted by Crippen LogP contribution is 2.24. The second-order valence-electron chi connectivity index (χ2n) is 7.05. The van der Waals surface area contributed by atoms with Gasteiger partial charge in [-0.15, -0.1) is 0 Å². The van der Waals surface area contributed by atoms with Crippen molar-refractivity contribution in [1.82, 2.24) is 29.5 Å². The number of rotatable bonds is 5. The largest absolute Gasteiger partial charge is 0.381 e. The number of hydrogen-bond donors (Lipinski definition) is 2. The lowest BCUT2D eigenvalue weighted by molar-refractivity contribution is 0.0816. The third-order valence-electron chi connectivity index (χ3n) is 5.22. The van der Waals surface area contributed by atoms with Crippen LogP contribution in [0.3, 0.4) is 0 Å². The number of imidazole rings is 1. The Hall–Kier alpha value is -2.72. The van der Waals surface area contributed by atoms with Gasteiger partial charge < -0.3 is 19.9 Å². The van der Waals surface area contributed by atoms with Gasteiger partial charge in [0.15, 0.2) is 5.65 Å². The van der Waals surface area contributed by atoms with Gasteiger partial charge in [-0.25, -0.2) is 4.98 Å². The summed E-state index contributed by atoms with van der Waals surface area (Å²) >= 11 is 3.54. The van der Waals surface area contributed by atoms with E-state index in [1.54, 1.807) is 17.8 Å². The smallest absolute Gasteiger partial charge is 0.230 e. The normalized spacial score (nSPS) is 15.4. The Labute approximate surface area is 175 Å². The molecule has 10 heteroatoms. The van der Waals surface area contributed by atoms with Gasteiger partial charge in [-0.05, 0) is 40.9 Å². The zero-order chi connectivity index (χ0) is 19.8. The molecule has 4 heterocycles. The van der Waals surface area contributed by atoms with E-state index in [0.29, 0.717) is 24.5 Å². The van der Waals surface area contributed by atoms with Gasteiger partial charge in [0.05, 0.1) is 34.4 Å². The first kappa shape index (κ1) is 18.3. The molecule has 29 heavy (non-hydrogen) atoms. The molecule has 0 saturated carbocycles. The van der Waals surface area contributed by atoms with Gasteiger partial charge in [-0.3, -0.25) is 0 Å². The molecule has 0 radical (unpaired) electrons. The Morgan fingerprint density at radius 1 is 1.21 bits per heavy atom. The number of fused-ring (bicyclic) bond motifs is 2. The van der Waals surface area contributed by atoms with E-state index < -0.39 is 0 Å². The lowest BCUT2D eigenvalue weighted by atomic mass is 10.1. The number of para-hydroxylation sites is 2. The summed E-state index contributed by atoms with van der Waals surface area (Å²) in [4.78, 5) is 19.6. The molecule has 0 atom stereocenters. The first-order valence-electron chi connectivity index (χ1n) is 9.58. The third kappa shape index (κ3) is 3.53. The van der Waals surface area contributed by atoms with Crippen LogP contribution in [0.4, 0.5) is 11.9 Å². The summed E-state index contributed by atoms with van der Waals surface area (Å²) in [6.45, 7) is 2.23. The number of aromatic amines is 1. The molecule has 0 unspecified atom stereocenters. The average molecular weight is 457 g/mol. The summed E-state index contributed by atoms with van der Waals surface area (Å²) in [7, 11) is 1.77. The molecular weight excluding hydrogens is 436 g/mol. The van der Waals surface area contributed by atoms with Gasteiger partial charge in [-0.1, -0.05) is 12.1 Å². The second-order valence-corrected chi connectivity index (χ2v) is 7.91. The molecule has 3 aromatic heterocycles. The van der Waals surface area contributed by atoms with Crippen molar-refractivity contribution in [2.45, 2.75) is 25.5 Å². The minimum Gasteiger partial charge on any atom is -0.381 e. The molecule has 1 aromatic carbocycles. The van der Waals surface area contributed by atoms with Crippen molar-refractivity contribution >= 4 is 44.5 Å². The number of benzene rings is 1. The van der Waals surface area contributed by atoms with E-state index in [4.69, 9.17) is 14.7 Å². The molecule has 1 aliphatic rings. The fraction of sp³-hybridized carbons (Fsp3) is 0.368. The molecule has 0 aliphatic carbocycles. The number of hydrogen-bond acceptors (Lipinski definition) is 7. The van der Waals surface area contributed by atoms with Crippen LogP contribution in [0.15, 0.2) is 34.9 Å². The quantitative estimate of drug-likeness (QED) is 0.476. The van der Waals surface area contributed by atoms with Crippen LogP contribution in [0.2, 0.25) is 0 Å². The summed E-state index contributed by atoms with van der Waals surface area (Å²) in [5, 5.41) is 7.76. The van der Waals surface area contributed by atoms with Gasteiger partial charge in [-0.2, -0.15) is 19.6 Å². The molecule has 9 nitrogen and oxygen atoms in total. The SMILES string of the molecule is COC1CCN(c2nc(NCc3nc4ccccc4[nH]3)n3ncc(Br)c3n2)CC1. The Morgan fingerprint density at radius 2 is 2.03 bits per heavy atom. The standard InChI is InChI=1S/C19H21BrN8O/c1-29-12-6-8-27(9-7-12)19-25-17-13(20)10-22-28(17)18(26-19)21-11-16-23-14-4-2-3-5-15(14)24-16/h2-5,10,12H,6-9,11H2,1H3,(H,23,24)(H,21,25,26). The summed E-state index contributed by atoms with van der Waals surface area (Å²) in [5.74, 6) is 2.16. The number of piperidine rings is 1. The van der Waals surface area contributed by atoms with Crippen molar-refractivity contribution in [3.05, 3.63) is 40.8 Å². The van der Waals surface area contributed by atoms with E-state index in [-0.39, 0.29) is 0 Å². The summed E-state index contributed by atoms with van der Waals surface area (Å²) in [5.41, 5.74) is 2.69. The van der Waals surface area contributed by atoms with Crippen molar-refractivity contribution < 1.29 is 4.74 Å². The van der Waals surface area contributed by atoms with Crippen LogP contribution >= 0.6 is 15.9 Å². The first-order chi connectivity index (χ1) is 14.2. The maximum absolute atomic E-state index is 5.48. The number of nitrogens with zero attached hydrogens (tertiary/aromatic N) is 6. The predicted molar refractivity (Wildman–Crippen MR) is 114 cm³/mol. The zero-order valence-electron chi connectivity index (χ0n) is 16.0. The maximum Gasteiger partial charge on any atom is 0.230 e. The fourth-order valence-electron chi connectivity index (χ4n) is 3.64. The van der Waals surface area contributed by atoms with Gasteiger partial charge in [0.1, 0.15) is 5.82 Å². The van der Waals surface area contributed by atoms with E-state index in [1.807, 2.05) is 24.3 Å². The topological polar surface area (TPSA) is 96.3 Å². The highest BCUT2D eigenvalue weighted by atomic mass is 79.9. The first-order valence-corrected chi connectivity index (χ1v) is 10.4. The highest BCUT2D eigenvalue weighted by molar-refractivity contribution is 9.10. The van der Waals surface area contributed by atoms with Crippen LogP contribution in [-0.4, -0.2) is 55.9 Å². The highest BCUT2D eigenvalue weighted by Gasteiger charge is 2.22. The Morgan fingerprint density at radius 3 is 2.83 bits per heavy atom. The number of nitrogens with one attached hydrogen (secondary N) is 2. The number of H-pyrrole nitrogens is 1. The van der Waals surface area contributed by atoms with Crippen molar-refractivity contribution in [3.63, 3.8) is 0 Å². The van der Waals surface area contributed by atoms with Crippen LogP contribution in [0, 0.1) is 0 Å². The molecule has 0 amide bonds. The number of halogens is 1. The Bertz CT molecular complexity index is 1110. The predicted octanol–water partition coefficient (Wildman–Crippen LogP) is 2.99. The van der Waals surface area contributed by atoms with Crippen LogP contribution in [0.1, 0.15) is 18.7 Å². The van der Waals surface area contributed by atoms with Gasteiger partial charge in [0.25, 0.3) is 0 Å². The molecule has 1 saturated heterocycles. The summed E-state index contributed by atoms with van der Waals surface area (Å²) < 4.78 is 8.02. The Kier molecular flexibility index (Phi) is 4.80. The molecular formula is C19H21BrN8O. The van der Waals surface area contributed by atoms with E-state index >= 15 is 0 Å². The molecule has 5 rings (SSSR count). The molecule has 4 aromatic rings. The molecule has 150 valence electrons. The minimum atomic E-state index is 0.308. The minimum absolute atomic E-state index is 0.308. The molecule has 2 N–H and O–H groups in total. The lowest BCUT2D eigenvalue weighted by Crippen LogP contribution is -2.37. The number of methoxy groups -OCH3 is 1. The van der Waals surface area contributed by atoms with Crippen molar-refractivity contribution in [2.75, 3.05) is 30.4 Å². The molecule has 0 bridgehead atoms. The second kappa shape index (κ2) is 7.60. The van der Waals surface area contributed by atoms with E-state index in [1.165, 1.54) is 0 Å². The van der Waals surface area contributed by atoms with Crippen LogP contribution in [-0.2, 0) is 11.3 Å².